The number of amides is 1. The van der Waals surface area contributed by atoms with Crippen LogP contribution < -0.4 is 0 Å². The van der Waals surface area contributed by atoms with Gasteiger partial charge in [-0.1, -0.05) is 12.1 Å². The molecule has 1 saturated heterocycles. The summed E-state index contributed by atoms with van der Waals surface area (Å²) in [7, 11) is -4.13. The van der Waals surface area contributed by atoms with Crippen molar-refractivity contribution in [1.82, 2.24) is 24.6 Å². The van der Waals surface area contributed by atoms with E-state index in [0.717, 1.165) is 6.07 Å². The molecule has 0 aliphatic carbocycles. The molecule has 0 atom stereocenters. The van der Waals surface area contributed by atoms with Gasteiger partial charge in [-0.2, -0.15) is 19.7 Å². The van der Waals surface area contributed by atoms with Crippen LogP contribution in [0.2, 0.25) is 0 Å². The Morgan fingerprint density at radius 2 is 2.00 bits per heavy atom. The highest BCUT2D eigenvalue weighted by molar-refractivity contribution is 7.89. The third-order valence-electron chi connectivity index (χ3n) is 4.38. The fraction of sp³-hybridized carbons (Fsp3) is 0.400. The summed E-state index contributed by atoms with van der Waals surface area (Å²) in [6.45, 7) is 3.58. The number of benzene rings is 1. The Bertz CT molecular complexity index is 972. The molecule has 1 aliphatic heterocycles. The number of rotatable bonds is 4. The average Bonchev–Trinajstić information content (AvgIpc) is 3.14. The Kier molecular flexibility index (Phi) is 4.70. The van der Waals surface area contributed by atoms with Gasteiger partial charge >= 0.3 is 0 Å². The molecule has 0 radical (unpaired) electrons. The van der Waals surface area contributed by atoms with Crippen molar-refractivity contribution in [3.05, 3.63) is 46.3 Å². The summed E-state index contributed by atoms with van der Waals surface area (Å²) < 4.78 is 27.5. The first kappa shape index (κ1) is 18.9. The zero-order chi connectivity index (χ0) is 19.8. The van der Waals surface area contributed by atoms with Crippen molar-refractivity contribution < 1.29 is 18.1 Å². The third kappa shape index (κ3) is 3.40. The molecule has 0 unspecified atom stereocenters. The largest absolute Gasteiger partial charge is 0.334 e. The van der Waals surface area contributed by atoms with Gasteiger partial charge in [0.2, 0.25) is 0 Å². The average molecular weight is 394 g/mol. The van der Waals surface area contributed by atoms with Crippen molar-refractivity contribution in [2.45, 2.75) is 24.3 Å². The van der Waals surface area contributed by atoms with Gasteiger partial charge in [0.15, 0.2) is 10.6 Å². The van der Waals surface area contributed by atoms with Crippen molar-refractivity contribution in [3.8, 4) is 0 Å². The van der Waals surface area contributed by atoms with E-state index in [2.05, 4.69) is 15.4 Å². The first-order chi connectivity index (χ1) is 12.6. The number of piperazine rings is 1. The van der Waals surface area contributed by atoms with Crippen LogP contribution in [0.1, 0.15) is 24.3 Å². The molecule has 0 saturated carbocycles. The van der Waals surface area contributed by atoms with Gasteiger partial charge in [0.25, 0.3) is 21.6 Å². The zero-order valence-electron chi connectivity index (χ0n) is 14.7. The number of carbonyl (C=O) groups is 1. The van der Waals surface area contributed by atoms with Crippen LogP contribution in [0.5, 0.6) is 0 Å². The maximum absolute atomic E-state index is 13.1. The molecule has 2 heterocycles. The van der Waals surface area contributed by atoms with Crippen molar-refractivity contribution in [3.63, 3.8) is 0 Å². The topological polar surface area (TPSA) is 142 Å². The second-order valence-corrected chi connectivity index (χ2v) is 8.53. The SMILES string of the molecule is CC1(C)CN(C(=O)c2cn[nH]n2)CCN1S(=O)(=O)c1ccccc1[N+](=O)[O-]. The Labute approximate surface area is 155 Å². The number of para-hydroxylation sites is 1. The number of carbonyl (C=O) groups excluding carboxylic acids is 1. The molecular formula is C15H18N6O5S. The number of nitro benzene ring substituents is 1. The lowest BCUT2D eigenvalue weighted by Crippen LogP contribution is -2.61. The number of hydrogen-bond acceptors (Lipinski definition) is 7. The van der Waals surface area contributed by atoms with Gasteiger partial charge in [0.1, 0.15) is 0 Å². The van der Waals surface area contributed by atoms with E-state index in [-0.39, 0.29) is 36.1 Å². The van der Waals surface area contributed by atoms with E-state index >= 15 is 0 Å². The number of nitrogens with zero attached hydrogens (tertiary/aromatic N) is 5. The monoisotopic (exact) mass is 394 g/mol. The second-order valence-electron chi connectivity index (χ2n) is 6.70. The van der Waals surface area contributed by atoms with Crippen molar-refractivity contribution in [2.24, 2.45) is 0 Å². The summed E-state index contributed by atoms with van der Waals surface area (Å²) in [6, 6.07) is 5.23. The van der Waals surface area contributed by atoms with Gasteiger partial charge in [-0.15, -0.1) is 0 Å². The summed E-state index contributed by atoms with van der Waals surface area (Å²) in [6.07, 6.45) is 1.30. The molecule has 1 aliphatic rings. The minimum absolute atomic E-state index is 0.00493. The highest BCUT2D eigenvalue weighted by Gasteiger charge is 2.44. The van der Waals surface area contributed by atoms with Crippen molar-refractivity contribution in [1.29, 1.82) is 0 Å². The normalized spacial score (nSPS) is 17.6. The van der Waals surface area contributed by atoms with Crippen LogP contribution in [0.15, 0.2) is 35.4 Å². The Morgan fingerprint density at radius 1 is 1.30 bits per heavy atom. The summed E-state index contributed by atoms with van der Waals surface area (Å²) in [5.74, 6) is -0.362. The van der Waals surface area contributed by atoms with E-state index in [1.54, 1.807) is 13.8 Å². The van der Waals surface area contributed by atoms with Gasteiger partial charge in [-0.3, -0.25) is 14.9 Å². The van der Waals surface area contributed by atoms with Crippen LogP contribution >= 0.6 is 0 Å². The predicted molar refractivity (Wildman–Crippen MR) is 93.4 cm³/mol. The van der Waals surface area contributed by atoms with Crippen LogP contribution in [-0.4, -0.2) is 69.0 Å². The smallest absolute Gasteiger partial charge is 0.289 e. The quantitative estimate of drug-likeness (QED) is 0.592. The number of nitro groups is 1. The highest BCUT2D eigenvalue weighted by atomic mass is 32.2. The minimum atomic E-state index is -4.13. The van der Waals surface area contributed by atoms with Gasteiger partial charge in [-0.05, 0) is 19.9 Å². The van der Waals surface area contributed by atoms with Gasteiger partial charge in [0, 0.05) is 31.2 Å². The van der Waals surface area contributed by atoms with E-state index in [1.807, 2.05) is 0 Å². The lowest BCUT2D eigenvalue weighted by molar-refractivity contribution is -0.387. The number of aromatic amines is 1. The minimum Gasteiger partial charge on any atom is -0.334 e. The van der Waals surface area contributed by atoms with Crippen molar-refractivity contribution >= 4 is 21.6 Å². The number of H-pyrrole nitrogens is 1. The molecule has 11 nitrogen and oxygen atoms in total. The molecule has 1 aromatic carbocycles. The first-order valence-corrected chi connectivity index (χ1v) is 9.50. The number of hydrogen-bond donors (Lipinski definition) is 1. The van der Waals surface area contributed by atoms with E-state index in [9.17, 15) is 23.3 Å². The molecule has 1 amide bonds. The van der Waals surface area contributed by atoms with Gasteiger partial charge < -0.3 is 4.90 Å². The standard InChI is InChI=1S/C15H18N6O5S/c1-15(2)10-19(14(22)11-9-16-18-17-11)7-8-20(15)27(25,26)13-6-4-3-5-12(13)21(23)24/h3-6,9H,7-8,10H2,1-2H3,(H,16,17,18). The van der Waals surface area contributed by atoms with E-state index in [4.69, 9.17) is 0 Å². The lowest BCUT2D eigenvalue weighted by atomic mass is 10.0. The van der Waals surface area contributed by atoms with Crippen LogP contribution in [0.3, 0.4) is 0 Å². The summed E-state index contributed by atoms with van der Waals surface area (Å²) in [4.78, 5) is 24.1. The van der Waals surface area contributed by atoms with Crippen LogP contribution in [0, 0.1) is 10.1 Å². The molecule has 2 aromatic rings. The summed E-state index contributed by atoms with van der Waals surface area (Å²) in [5, 5.41) is 21.0. The molecule has 1 N–H and O–H groups in total. The van der Waals surface area contributed by atoms with Crippen LogP contribution in [0.4, 0.5) is 5.69 Å². The molecule has 144 valence electrons. The van der Waals surface area contributed by atoms with Crippen molar-refractivity contribution in [2.75, 3.05) is 19.6 Å². The highest BCUT2D eigenvalue weighted by Crippen LogP contribution is 2.32. The Morgan fingerprint density at radius 3 is 2.59 bits per heavy atom. The molecule has 1 fully saturated rings. The maximum atomic E-state index is 13.1. The molecule has 0 bridgehead atoms. The van der Waals surface area contributed by atoms with E-state index in [1.165, 1.54) is 33.6 Å². The number of sulfonamides is 1. The van der Waals surface area contributed by atoms with Gasteiger partial charge in [0.05, 0.1) is 11.1 Å². The zero-order valence-corrected chi connectivity index (χ0v) is 15.5. The number of aromatic nitrogens is 3. The molecule has 12 heteroatoms. The fourth-order valence-electron chi connectivity index (χ4n) is 3.17. The van der Waals surface area contributed by atoms with Crippen LogP contribution in [0.25, 0.3) is 0 Å². The number of nitrogens with one attached hydrogen (secondary N) is 1. The summed E-state index contributed by atoms with van der Waals surface area (Å²) in [5.41, 5.74) is -1.31. The Hall–Kier alpha value is -2.86. The summed E-state index contributed by atoms with van der Waals surface area (Å²) >= 11 is 0. The first-order valence-electron chi connectivity index (χ1n) is 8.06. The molecule has 0 spiro atoms. The van der Waals surface area contributed by atoms with E-state index in [0.29, 0.717) is 0 Å². The van der Waals surface area contributed by atoms with E-state index < -0.39 is 26.2 Å². The molecular weight excluding hydrogens is 376 g/mol. The molecule has 1 aromatic heterocycles. The lowest BCUT2D eigenvalue weighted by Gasteiger charge is -2.45. The van der Waals surface area contributed by atoms with Gasteiger partial charge in [-0.25, -0.2) is 8.42 Å². The van der Waals surface area contributed by atoms with Crippen LogP contribution in [-0.2, 0) is 10.0 Å². The molecule has 3 rings (SSSR count). The second kappa shape index (κ2) is 6.70. The Balaban J connectivity index is 1.90. The predicted octanol–water partition coefficient (Wildman–Crippen LogP) is 0.638. The maximum Gasteiger partial charge on any atom is 0.289 e. The third-order valence-corrected chi connectivity index (χ3v) is 6.54. The fourth-order valence-corrected chi connectivity index (χ4v) is 5.09. The molecule has 27 heavy (non-hydrogen) atoms.